The van der Waals surface area contributed by atoms with Crippen LogP contribution < -0.4 is 5.32 Å². The summed E-state index contributed by atoms with van der Waals surface area (Å²) in [7, 11) is 2.15. The van der Waals surface area contributed by atoms with Crippen molar-refractivity contribution in [2.75, 3.05) is 25.5 Å². The molecule has 0 bridgehead atoms. The summed E-state index contributed by atoms with van der Waals surface area (Å²) in [4.78, 5) is 22.5. The summed E-state index contributed by atoms with van der Waals surface area (Å²) in [6.07, 6.45) is 5.86. The third-order valence-electron chi connectivity index (χ3n) is 4.70. The van der Waals surface area contributed by atoms with Crippen molar-refractivity contribution >= 4 is 11.7 Å². The zero-order chi connectivity index (χ0) is 16.5. The van der Waals surface area contributed by atoms with Crippen LogP contribution in [0.15, 0.2) is 30.6 Å². The van der Waals surface area contributed by atoms with Gasteiger partial charge in [0.25, 0.3) is 5.91 Å². The van der Waals surface area contributed by atoms with Crippen molar-refractivity contribution in [3.8, 4) is 11.4 Å². The smallest absolute Gasteiger partial charge is 0.273 e. The second-order valence-electron chi connectivity index (χ2n) is 6.34. The molecule has 0 atom stereocenters. The maximum Gasteiger partial charge on any atom is 0.273 e. The highest BCUT2D eigenvalue weighted by Crippen LogP contribution is 2.35. The Kier molecular flexibility index (Phi) is 3.78. The first-order chi connectivity index (χ1) is 11.7. The SMILES string of the molecule is CN1CCC(c2cnc3ccc(C(=O)Nc4cc[nH]n4)[nH]c2-3)CC1. The third kappa shape index (κ3) is 2.78. The molecule has 7 heteroatoms. The van der Waals surface area contributed by atoms with Gasteiger partial charge in [-0.05, 0) is 56.6 Å². The largest absolute Gasteiger partial charge is 0.349 e. The van der Waals surface area contributed by atoms with E-state index in [2.05, 4.69) is 37.4 Å². The van der Waals surface area contributed by atoms with E-state index >= 15 is 0 Å². The van der Waals surface area contributed by atoms with Crippen molar-refractivity contribution in [3.63, 3.8) is 0 Å². The van der Waals surface area contributed by atoms with Crippen molar-refractivity contribution in [1.82, 2.24) is 25.1 Å². The maximum atomic E-state index is 12.4. The highest BCUT2D eigenvalue weighted by atomic mass is 16.1. The van der Waals surface area contributed by atoms with E-state index in [1.807, 2.05) is 12.3 Å². The van der Waals surface area contributed by atoms with Crippen molar-refractivity contribution < 1.29 is 4.79 Å². The molecule has 0 aliphatic carbocycles. The van der Waals surface area contributed by atoms with Crippen molar-refractivity contribution in [2.45, 2.75) is 18.8 Å². The van der Waals surface area contributed by atoms with Crippen LogP contribution in [0.2, 0.25) is 0 Å². The van der Waals surface area contributed by atoms with E-state index < -0.39 is 0 Å². The minimum Gasteiger partial charge on any atom is -0.349 e. The molecule has 0 spiro atoms. The number of nitrogens with one attached hydrogen (secondary N) is 3. The number of carbonyl (C=O) groups excluding carboxylic acids is 1. The van der Waals surface area contributed by atoms with Gasteiger partial charge in [0.2, 0.25) is 0 Å². The number of hydrogen-bond acceptors (Lipinski definition) is 4. The number of hydrogen-bond donors (Lipinski definition) is 3. The molecular formula is C17H20N6O. The molecule has 124 valence electrons. The minimum absolute atomic E-state index is 0.209. The van der Waals surface area contributed by atoms with Gasteiger partial charge in [0.1, 0.15) is 5.69 Å². The van der Waals surface area contributed by atoms with Gasteiger partial charge in [0.05, 0.1) is 11.4 Å². The van der Waals surface area contributed by atoms with E-state index in [1.165, 1.54) is 5.56 Å². The molecule has 1 aromatic rings. The normalized spacial score (nSPS) is 16.5. The topological polar surface area (TPSA) is 89.7 Å². The molecule has 1 amide bonds. The number of anilines is 1. The summed E-state index contributed by atoms with van der Waals surface area (Å²) in [6.45, 7) is 2.19. The molecule has 0 aromatic carbocycles. The Morgan fingerprint density at radius 1 is 1.29 bits per heavy atom. The van der Waals surface area contributed by atoms with E-state index in [4.69, 9.17) is 0 Å². The van der Waals surface area contributed by atoms with Gasteiger partial charge in [-0.15, -0.1) is 0 Å². The number of aromatic amines is 2. The van der Waals surface area contributed by atoms with Crippen molar-refractivity contribution in [1.29, 1.82) is 0 Å². The molecule has 3 N–H and O–H groups in total. The first-order valence-corrected chi connectivity index (χ1v) is 8.18. The van der Waals surface area contributed by atoms with Crippen LogP contribution in [-0.4, -0.2) is 51.1 Å². The van der Waals surface area contributed by atoms with E-state index in [-0.39, 0.29) is 5.91 Å². The summed E-state index contributed by atoms with van der Waals surface area (Å²) < 4.78 is 0. The lowest BCUT2D eigenvalue weighted by Gasteiger charge is -2.29. The van der Waals surface area contributed by atoms with E-state index in [1.54, 1.807) is 18.3 Å². The van der Waals surface area contributed by atoms with Crippen molar-refractivity contribution in [2.24, 2.45) is 0 Å². The zero-order valence-corrected chi connectivity index (χ0v) is 13.5. The molecule has 1 saturated heterocycles. The standard InChI is InChI=1S/C17H20N6O/c1-23-8-5-11(6-9-23)12-10-18-13-2-3-14(20-16(12)13)17(24)21-15-4-7-19-22-15/h2-4,7,10-11,20H,5-6,8-9H2,1H3,(H2,19,21,22,24). The first kappa shape index (κ1) is 14.9. The Hall–Kier alpha value is -2.67. The molecule has 3 aliphatic heterocycles. The monoisotopic (exact) mass is 324 g/mol. The number of nitrogens with zero attached hydrogens (tertiary/aromatic N) is 3. The summed E-state index contributed by atoms with van der Waals surface area (Å²) >= 11 is 0. The molecule has 0 unspecified atom stereocenters. The molecule has 3 aliphatic rings. The van der Waals surface area contributed by atoms with Gasteiger partial charge in [-0.3, -0.25) is 14.9 Å². The van der Waals surface area contributed by atoms with Crippen LogP contribution in [0.25, 0.3) is 11.4 Å². The zero-order valence-electron chi connectivity index (χ0n) is 13.5. The van der Waals surface area contributed by atoms with E-state index in [9.17, 15) is 4.79 Å². The van der Waals surface area contributed by atoms with Crippen LogP contribution in [0, 0.1) is 0 Å². The second-order valence-corrected chi connectivity index (χ2v) is 6.34. The predicted molar refractivity (Wildman–Crippen MR) is 91.2 cm³/mol. The summed E-state index contributed by atoms with van der Waals surface area (Å²) in [5.41, 5.74) is 3.60. The number of pyridine rings is 1. The number of piperidine rings is 1. The number of fused-ring (bicyclic) bond motifs is 1. The highest BCUT2D eigenvalue weighted by molar-refractivity contribution is 6.02. The lowest BCUT2D eigenvalue weighted by Crippen LogP contribution is -2.29. The molecule has 7 nitrogen and oxygen atoms in total. The Morgan fingerprint density at radius 3 is 2.88 bits per heavy atom. The highest BCUT2D eigenvalue weighted by Gasteiger charge is 2.24. The number of H-pyrrole nitrogens is 2. The quantitative estimate of drug-likeness (QED) is 0.689. The van der Waals surface area contributed by atoms with Crippen LogP contribution in [0.3, 0.4) is 0 Å². The number of likely N-dealkylation sites (tertiary alicyclic amines) is 1. The summed E-state index contributed by atoms with van der Waals surface area (Å²) in [6, 6.07) is 5.37. The number of amides is 1. The molecule has 0 radical (unpaired) electrons. The minimum atomic E-state index is -0.209. The average molecular weight is 324 g/mol. The maximum absolute atomic E-state index is 12.4. The van der Waals surface area contributed by atoms with Crippen LogP contribution in [0.1, 0.15) is 34.8 Å². The van der Waals surface area contributed by atoms with Gasteiger partial charge in [-0.2, -0.15) is 5.10 Å². The van der Waals surface area contributed by atoms with E-state index in [0.29, 0.717) is 17.4 Å². The Balaban J connectivity index is 1.60. The van der Waals surface area contributed by atoms with Gasteiger partial charge < -0.3 is 15.2 Å². The van der Waals surface area contributed by atoms with Crippen LogP contribution in [-0.2, 0) is 0 Å². The summed E-state index contributed by atoms with van der Waals surface area (Å²) in [5.74, 6) is 0.788. The molecule has 0 saturated carbocycles. The lowest BCUT2D eigenvalue weighted by atomic mass is 9.89. The van der Waals surface area contributed by atoms with Gasteiger partial charge in [-0.25, -0.2) is 0 Å². The lowest BCUT2D eigenvalue weighted by molar-refractivity contribution is 0.102. The fourth-order valence-corrected chi connectivity index (χ4v) is 3.29. The number of aromatic nitrogens is 4. The first-order valence-electron chi connectivity index (χ1n) is 8.18. The number of carbonyl (C=O) groups is 1. The molecule has 24 heavy (non-hydrogen) atoms. The Morgan fingerprint density at radius 2 is 2.12 bits per heavy atom. The Labute approximate surface area is 139 Å². The van der Waals surface area contributed by atoms with Gasteiger partial charge >= 0.3 is 0 Å². The van der Waals surface area contributed by atoms with Crippen molar-refractivity contribution in [3.05, 3.63) is 41.9 Å². The van der Waals surface area contributed by atoms with Gasteiger partial charge in [0.15, 0.2) is 5.82 Å². The van der Waals surface area contributed by atoms with Crippen LogP contribution in [0.5, 0.6) is 0 Å². The van der Waals surface area contributed by atoms with Gasteiger partial charge in [-0.1, -0.05) is 0 Å². The summed E-state index contributed by atoms with van der Waals surface area (Å²) in [5, 5.41) is 9.38. The molecule has 4 heterocycles. The van der Waals surface area contributed by atoms with Gasteiger partial charge in [0, 0.05) is 18.5 Å². The molecular weight excluding hydrogens is 304 g/mol. The fourth-order valence-electron chi connectivity index (χ4n) is 3.29. The number of rotatable bonds is 3. The van der Waals surface area contributed by atoms with Crippen LogP contribution >= 0.6 is 0 Å². The second kappa shape index (κ2) is 6.09. The average Bonchev–Trinajstić information content (AvgIpc) is 3.24. The molecule has 4 rings (SSSR count). The van der Waals surface area contributed by atoms with E-state index in [0.717, 1.165) is 37.3 Å². The Bertz CT molecular complexity index is 801. The predicted octanol–water partition coefficient (Wildman–Crippen LogP) is 2.30. The third-order valence-corrected chi connectivity index (χ3v) is 4.70. The van der Waals surface area contributed by atoms with Crippen LogP contribution in [0.4, 0.5) is 5.82 Å². The fraction of sp³-hybridized carbons (Fsp3) is 0.353. The molecule has 1 fully saturated rings. The molecule has 1 aromatic heterocycles.